The zero-order valence-corrected chi connectivity index (χ0v) is 19.5. The summed E-state index contributed by atoms with van der Waals surface area (Å²) in [4.78, 5) is 0. The molecule has 0 spiro atoms. The fraction of sp³-hybridized carbons (Fsp3) is 0. The van der Waals surface area contributed by atoms with E-state index in [0.717, 1.165) is 28.0 Å². The first-order valence-corrected chi connectivity index (χ1v) is 12.3. The number of benzene rings is 6. The number of aromatic nitrogens is 1. The third-order valence-corrected chi connectivity index (χ3v) is 7.37. The van der Waals surface area contributed by atoms with Crippen LogP contribution >= 0.6 is 0 Å². The van der Waals surface area contributed by atoms with E-state index in [4.69, 9.17) is 4.42 Å². The van der Waals surface area contributed by atoms with E-state index in [-0.39, 0.29) is 0 Å². The lowest BCUT2D eigenvalue weighted by atomic mass is 9.96. The average Bonchev–Trinajstić information content (AvgIpc) is 3.54. The molecule has 0 aliphatic carbocycles. The fourth-order valence-corrected chi connectivity index (χ4v) is 5.86. The van der Waals surface area contributed by atoms with Crippen molar-refractivity contribution < 1.29 is 4.42 Å². The van der Waals surface area contributed by atoms with Crippen LogP contribution in [0.25, 0.3) is 71.3 Å². The maximum absolute atomic E-state index is 6.41. The molecule has 0 saturated heterocycles. The number of fused-ring (bicyclic) bond motifs is 10. The first-order valence-electron chi connectivity index (χ1n) is 12.3. The van der Waals surface area contributed by atoms with Gasteiger partial charge in [-0.3, -0.25) is 0 Å². The molecular formula is C34H21NO. The van der Waals surface area contributed by atoms with Gasteiger partial charge < -0.3 is 8.98 Å². The Labute approximate surface area is 207 Å². The molecule has 0 aliphatic heterocycles. The SMILES string of the molecule is c1ccc(-c2cc3c(ccc4c5c6ccccc6c6ccccc6c5n(-c5ccccc5)c34)o2)cc1. The predicted molar refractivity (Wildman–Crippen MR) is 151 cm³/mol. The van der Waals surface area contributed by atoms with Crippen molar-refractivity contribution in [3.8, 4) is 17.0 Å². The molecule has 0 amide bonds. The molecule has 2 heteroatoms. The lowest BCUT2D eigenvalue weighted by molar-refractivity contribution is 0.632. The minimum Gasteiger partial charge on any atom is -0.456 e. The summed E-state index contributed by atoms with van der Waals surface area (Å²) in [6.07, 6.45) is 0. The molecule has 0 atom stereocenters. The van der Waals surface area contributed by atoms with Crippen molar-refractivity contribution in [1.29, 1.82) is 0 Å². The molecule has 0 fully saturated rings. The first kappa shape index (κ1) is 19.5. The number of rotatable bonds is 2. The van der Waals surface area contributed by atoms with Crippen LogP contribution in [0, 0.1) is 0 Å². The Kier molecular flexibility index (Phi) is 3.97. The van der Waals surface area contributed by atoms with Gasteiger partial charge in [-0.05, 0) is 46.5 Å². The van der Waals surface area contributed by atoms with Crippen LogP contribution in [-0.2, 0) is 0 Å². The van der Waals surface area contributed by atoms with Crippen molar-refractivity contribution >= 4 is 54.3 Å². The minimum absolute atomic E-state index is 0.887. The molecule has 0 radical (unpaired) electrons. The second kappa shape index (κ2) is 7.34. The Balaban J connectivity index is 1.66. The van der Waals surface area contributed by atoms with Gasteiger partial charge in [-0.25, -0.2) is 0 Å². The van der Waals surface area contributed by atoms with Crippen LogP contribution in [0.2, 0.25) is 0 Å². The third-order valence-electron chi connectivity index (χ3n) is 7.37. The summed E-state index contributed by atoms with van der Waals surface area (Å²) < 4.78 is 8.85. The highest BCUT2D eigenvalue weighted by Crippen LogP contribution is 2.45. The number of para-hydroxylation sites is 1. The van der Waals surface area contributed by atoms with Crippen molar-refractivity contribution in [2.24, 2.45) is 0 Å². The van der Waals surface area contributed by atoms with Gasteiger partial charge in [0.25, 0.3) is 0 Å². The smallest absolute Gasteiger partial charge is 0.136 e. The number of hydrogen-bond acceptors (Lipinski definition) is 1. The Bertz CT molecular complexity index is 2080. The van der Waals surface area contributed by atoms with Gasteiger partial charge in [0.1, 0.15) is 11.3 Å². The number of furan rings is 1. The molecule has 0 unspecified atom stereocenters. The van der Waals surface area contributed by atoms with Crippen LogP contribution in [-0.4, -0.2) is 4.57 Å². The summed E-state index contributed by atoms with van der Waals surface area (Å²) >= 11 is 0. The molecular weight excluding hydrogens is 438 g/mol. The molecule has 0 bridgehead atoms. The van der Waals surface area contributed by atoms with Crippen LogP contribution < -0.4 is 0 Å². The summed E-state index contributed by atoms with van der Waals surface area (Å²) in [6, 6.07) is 45.2. The van der Waals surface area contributed by atoms with Crippen molar-refractivity contribution in [2.45, 2.75) is 0 Å². The molecule has 2 aromatic heterocycles. The summed E-state index contributed by atoms with van der Waals surface area (Å²) in [5, 5.41) is 8.73. The Morgan fingerprint density at radius 3 is 1.81 bits per heavy atom. The standard InChI is InChI=1S/C34H21NO/c1-3-11-22(12-4-1)31-21-29-30(36-31)20-19-28-32-26-17-9-7-15-24(26)25-16-8-10-18-27(25)34(32)35(33(28)29)23-13-5-2-6-14-23/h1-21H. The van der Waals surface area contributed by atoms with Gasteiger partial charge in [0.05, 0.1) is 11.0 Å². The average molecular weight is 460 g/mol. The molecule has 0 saturated carbocycles. The molecule has 8 rings (SSSR count). The van der Waals surface area contributed by atoms with E-state index in [1.54, 1.807) is 0 Å². The van der Waals surface area contributed by atoms with E-state index < -0.39 is 0 Å². The second-order valence-electron chi connectivity index (χ2n) is 9.34. The summed E-state index contributed by atoms with van der Waals surface area (Å²) in [7, 11) is 0. The van der Waals surface area contributed by atoms with Gasteiger partial charge in [0, 0.05) is 32.8 Å². The molecule has 36 heavy (non-hydrogen) atoms. The highest BCUT2D eigenvalue weighted by Gasteiger charge is 2.21. The largest absolute Gasteiger partial charge is 0.456 e. The maximum atomic E-state index is 6.41. The van der Waals surface area contributed by atoms with E-state index in [2.05, 4.69) is 126 Å². The van der Waals surface area contributed by atoms with E-state index in [0.29, 0.717) is 0 Å². The van der Waals surface area contributed by atoms with Gasteiger partial charge in [-0.2, -0.15) is 0 Å². The molecule has 168 valence electrons. The third kappa shape index (κ3) is 2.61. The van der Waals surface area contributed by atoms with Gasteiger partial charge in [0.15, 0.2) is 0 Å². The molecule has 0 N–H and O–H groups in total. The second-order valence-corrected chi connectivity index (χ2v) is 9.34. The Morgan fingerprint density at radius 1 is 0.444 bits per heavy atom. The van der Waals surface area contributed by atoms with Crippen molar-refractivity contribution in [3.05, 3.63) is 127 Å². The van der Waals surface area contributed by atoms with E-state index >= 15 is 0 Å². The van der Waals surface area contributed by atoms with Crippen molar-refractivity contribution in [2.75, 3.05) is 0 Å². The summed E-state index contributed by atoms with van der Waals surface area (Å²) in [5.41, 5.74) is 5.55. The lowest BCUT2D eigenvalue weighted by Gasteiger charge is -2.12. The van der Waals surface area contributed by atoms with Gasteiger partial charge in [0.2, 0.25) is 0 Å². The maximum Gasteiger partial charge on any atom is 0.136 e. The molecule has 2 heterocycles. The fourth-order valence-electron chi connectivity index (χ4n) is 5.86. The van der Waals surface area contributed by atoms with Crippen molar-refractivity contribution in [3.63, 3.8) is 0 Å². The topological polar surface area (TPSA) is 18.1 Å². The Hall–Kier alpha value is -4.82. The molecule has 0 aliphatic rings. The normalized spacial score (nSPS) is 11.9. The zero-order chi connectivity index (χ0) is 23.6. The molecule has 8 aromatic rings. The van der Waals surface area contributed by atoms with Crippen LogP contribution in [0.1, 0.15) is 0 Å². The van der Waals surface area contributed by atoms with Crippen LogP contribution in [0.4, 0.5) is 0 Å². The Morgan fingerprint density at radius 2 is 1.06 bits per heavy atom. The van der Waals surface area contributed by atoms with E-state index in [1.807, 2.05) is 6.07 Å². The summed E-state index contributed by atoms with van der Waals surface area (Å²) in [6.45, 7) is 0. The minimum atomic E-state index is 0.887. The molecule has 6 aromatic carbocycles. The first-order chi connectivity index (χ1) is 17.9. The van der Waals surface area contributed by atoms with Crippen LogP contribution in [0.5, 0.6) is 0 Å². The zero-order valence-electron chi connectivity index (χ0n) is 19.5. The summed E-state index contributed by atoms with van der Waals surface area (Å²) in [5.74, 6) is 0.887. The molecule has 2 nitrogen and oxygen atoms in total. The van der Waals surface area contributed by atoms with E-state index in [9.17, 15) is 0 Å². The van der Waals surface area contributed by atoms with Crippen LogP contribution in [0.3, 0.4) is 0 Å². The number of hydrogen-bond donors (Lipinski definition) is 0. The van der Waals surface area contributed by atoms with Gasteiger partial charge in [-0.15, -0.1) is 0 Å². The quantitative estimate of drug-likeness (QED) is 0.235. The highest BCUT2D eigenvalue weighted by atomic mass is 16.3. The lowest BCUT2D eigenvalue weighted by Crippen LogP contribution is -1.94. The van der Waals surface area contributed by atoms with Crippen LogP contribution in [0.15, 0.2) is 132 Å². The predicted octanol–water partition coefficient (Wildman–Crippen LogP) is 9.50. The van der Waals surface area contributed by atoms with Gasteiger partial charge >= 0.3 is 0 Å². The number of nitrogens with zero attached hydrogens (tertiary/aromatic N) is 1. The highest BCUT2D eigenvalue weighted by molar-refractivity contribution is 6.34. The monoisotopic (exact) mass is 459 g/mol. The van der Waals surface area contributed by atoms with Gasteiger partial charge in [-0.1, -0.05) is 97.1 Å². The van der Waals surface area contributed by atoms with E-state index in [1.165, 1.54) is 43.4 Å². The van der Waals surface area contributed by atoms with Crippen molar-refractivity contribution in [1.82, 2.24) is 4.57 Å².